The van der Waals surface area contributed by atoms with Gasteiger partial charge in [-0.05, 0) is 22.6 Å². The van der Waals surface area contributed by atoms with E-state index in [1.54, 1.807) is 0 Å². The van der Waals surface area contributed by atoms with Crippen molar-refractivity contribution in [1.29, 1.82) is 15.8 Å². The van der Waals surface area contributed by atoms with Crippen molar-refractivity contribution in [3.05, 3.63) is 81.2 Å². The van der Waals surface area contributed by atoms with Crippen LogP contribution in [-0.2, 0) is 6.54 Å². The lowest BCUT2D eigenvalue weighted by Gasteiger charge is -2.45. The van der Waals surface area contributed by atoms with Gasteiger partial charge in [0.15, 0.2) is 5.41 Å². The van der Waals surface area contributed by atoms with Gasteiger partial charge in [0.1, 0.15) is 6.07 Å². The summed E-state index contributed by atoms with van der Waals surface area (Å²) in [7, 11) is 0. The predicted octanol–water partition coefficient (Wildman–Crippen LogP) is 3.67. The van der Waals surface area contributed by atoms with Gasteiger partial charge in [0.25, 0.3) is 0 Å². The Hall–Kier alpha value is -3.37. The molecule has 2 heterocycles. The van der Waals surface area contributed by atoms with Crippen LogP contribution in [0, 0.1) is 45.3 Å². The average Bonchev–Trinajstić information content (AvgIpc) is 3.28. The molecule has 0 bridgehead atoms. The quantitative estimate of drug-likeness (QED) is 0.851. The Morgan fingerprint density at radius 1 is 1.10 bits per heavy atom. The lowest BCUT2D eigenvalue weighted by Crippen LogP contribution is -2.47. The summed E-state index contributed by atoms with van der Waals surface area (Å²) in [5.74, 6) is -0.549. The number of nitriles is 3. The highest BCUT2D eigenvalue weighted by Gasteiger charge is 2.54. The van der Waals surface area contributed by atoms with Crippen LogP contribution in [0.15, 0.2) is 70.8 Å². The molecule has 0 amide bonds. The first-order chi connectivity index (χ1) is 14.1. The number of nitrogens with two attached hydrogens (primary N) is 1. The van der Waals surface area contributed by atoms with E-state index in [4.69, 9.17) is 5.73 Å². The highest BCUT2D eigenvalue weighted by molar-refractivity contribution is 7.10. The molecule has 2 N–H and O–H groups in total. The third-order valence-corrected chi connectivity index (χ3v) is 6.79. The van der Waals surface area contributed by atoms with Gasteiger partial charge in [0, 0.05) is 36.3 Å². The molecule has 1 aliphatic heterocycles. The van der Waals surface area contributed by atoms with Gasteiger partial charge in [0.05, 0.1) is 23.4 Å². The summed E-state index contributed by atoms with van der Waals surface area (Å²) < 4.78 is 0. The topological polar surface area (TPSA) is 101 Å². The number of rotatable bonds is 3. The maximum absolute atomic E-state index is 10.1. The summed E-state index contributed by atoms with van der Waals surface area (Å²) in [6.45, 7) is 2.13. The van der Waals surface area contributed by atoms with E-state index >= 15 is 0 Å². The van der Waals surface area contributed by atoms with Crippen LogP contribution >= 0.6 is 11.3 Å². The van der Waals surface area contributed by atoms with Gasteiger partial charge < -0.3 is 5.73 Å². The molecule has 2 aliphatic rings. The molecule has 1 aliphatic carbocycles. The highest BCUT2D eigenvalue weighted by atomic mass is 32.1. The molecule has 4 rings (SSSR count). The molecule has 29 heavy (non-hydrogen) atoms. The number of benzene rings is 1. The van der Waals surface area contributed by atoms with Gasteiger partial charge >= 0.3 is 0 Å². The fourth-order valence-electron chi connectivity index (χ4n) is 4.48. The molecule has 1 aromatic heterocycles. The number of allylic oxidation sites excluding steroid dienone is 2. The largest absolute Gasteiger partial charge is 0.399 e. The van der Waals surface area contributed by atoms with E-state index < -0.39 is 11.3 Å². The van der Waals surface area contributed by atoms with E-state index in [0.717, 1.165) is 17.0 Å². The van der Waals surface area contributed by atoms with Crippen molar-refractivity contribution in [2.75, 3.05) is 13.1 Å². The summed E-state index contributed by atoms with van der Waals surface area (Å²) in [4.78, 5) is 3.24. The Morgan fingerprint density at radius 2 is 1.86 bits per heavy atom. The maximum atomic E-state index is 10.1. The number of hydrogen-bond acceptors (Lipinski definition) is 6. The zero-order valence-corrected chi connectivity index (χ0v) is 16.6. The van der Waals surface area contributed by atoms with E-state index in [1.807, 2.05) is 41.8 Å². The normalized spacial score (nSPS) is 23.3. The molecular formula is C23H19N5S. The first-order valence-corrected chi connectivity index (χ1v) is 10.3. The zero-order valence-electron chi connectivity index (χ0n) is 15.7. The fraction of sp³-hybridized carbons (Fsp3) is 0.261. The maximum Gasteiger partial charge on any atom is 0.192 e. The first kappa shape index (κ1) is 19.0. The van der Waals surface area contributed by atoms with Crippen molar-refractivity contribution >= 4 is 11.3 Å². The van der Waals surface area contributed by atoms with Gasteiger partial charge in [-0.1, -0.05) is 42.5 Å². The number of fused-ring (bicyclic) bond motifs is 1. The number of hydrogen-bond donors (Lipinski definition) is 1. The molecule has 0 saturated carbocycles. The Kier molecular flexibility index (Phi) is 4.95. The smallest absolute Gasteiger partial charge is 0.192 e. The lowest BCUT2D eigenvalue weighted by atomic mass is 9.59. The zero-order chi connectivity index (χ0) is 20.4. The molecule has 0 radical (unpaired) electrons. The second-order valence-corrected chi connectivity index (χ2v) is 8.35. The standard InChI is InChI=1S/C23H19N5S/c24-11-18-17-8-9-28(12-16-5-2-1-3-6-16)13-19(17)21(20-7-4-10-29-20)23(14-25,15-26)22(18)27/h1-8,10,19,21H,9,12-13,27H2/t19-,21+/m0/s1. The van der Waals surface area contributed by atoms with Crippen LogP contribution in [-0.4, -0.2) is 18.0 Å². The van der Waals surface area contributed by atoms with Gasteiger partial charge in [0.2, 0.25) is 0 Å². The molecule has 1 aromatic carbocycles. The van der Waals surface area contributed by atoms with Crippen LogP contribution in [0.4, 0.5) is 0 Å². The Balaban J connectivity index is 1.82. The van der Waals surface area contributed by atoms with E-state index in [2.05, 4.69) is 35.2 Å². The van der Waals surface area contributed by atoms with Gasteiger partial charge in [-0.2, -0.15) is 15.8 Å². The molecule has 0 fully saturated rings. The van der Waals surface area contributed by atoms with E-state index in [-0.39, 0.29) is 11.6 Å². The van der Waals surface area contributed by atoms with Crippen LogP contribution in [0.3, 0.4) is 0 Å². The average molecular weight is 398 g/mol. The molecule has 2 aromatic rings. The molecule has 0 unspecified atom stereocenters. The third kappa shape index (κ3) is 3.02. The molecule has 6 heteroatoms. The highest BCUT2D eigenvalue weighted by Crippen LogP contribution is 2.54. The molecular weight excluding hydrogens is 378 g/mol. The molecule has 2 atom stereocenters. The van der Waals surface area contributed by atoms with Crippen LogP contribution < -0.4 is 5.73 Å². The SMILES string of the molecule is N#CC1=C(N)C(C#N)(C#N)[C@@H](c2cccs2)[C@H]2CN(Cc3ccccc3)CC=C12. The van der Waals surface area contributed by atoms with Crippen molar-refractivity contribution in [1.82, 2.24) is 4.90 Å². The summed E-state index contributed by atoms with van der Waals surface area (Å²) in [5, 5.41) is 31.9. The van der Waals surface area contributed by atoms with Crippen LogP contribution in [0.25, 0.3) is 0 Å². The number of nitrogens with zero attached hydrogens (tertiary/aromatic N) is 4. The van der Waals surface area contributed by atoms with Gasteiger partial charge in [-0.15, -0.1) is 11.3 Å². The summed E-state index contributed by atoms with van der Waals surface area (Å²) in [6.07, 6.45) is 2.04. The third-order valence-electron chi connectivity index (χ3n) is 5.84. The second-order valence-electron chi connectivity index (χ2n) is 7.37. The van der Waals surface area contributed by atoms with Crippen molar-refractivity contribution in [2.45, 2.75) is 12.5 Å². The summed E-state index contributed by atoms with van der Waals surface area (Å²) >= 11 is 1.53. The van der Waals surface area contributed by atoms with E-state index in [1.165, 1.54) is 16.9 Å². The molecule has 0 spiro atoms. The van der Waals surface area contributed by atoms with E-state index in [0.29, 0.717) is 18.7 Å². The van der Waals surface area contributed by atoms with Crippen LogP contribution in [0.2, 0.25) is 0 Å². The van der Waals surface area contributed by atoms with Crippen molar-refractivity contribution in [2.24, 2.45) is 17.1 Å². The molecule has 142 valence electrons. The summed E-state index contributed by atoms with van der Waals surface area (Å²) in [6, 6.07) is 20.6. The Bertz CT molecular complexity index is 1080. The van der Waals surface area contributed by atoms with E-state index in [9.17, 15) is 15.8 Å². The minimum Gasteiger partial charge on any atom is -0.399 e. The van der Waals surface area contributed by atoms with Gasteiger partial charge in [-0.25, -0.2) is 0 Å². The van der Waals surface area contributed by atoms with Crippen molar-refractivity contribution in [3.8, 4) is 18.2 Å². The van der Waals surface area contributed by atoms with Gasteiger partial charge in [-0.3, -0.25) is 4.90 Å². The minimum absolute atomic E-state index is 0.0856. The predicted molar refractivity (Wildman–Crippen MR) is 111 cm³/mol. The fourth-order valence-corrected chi connectivity index (χ4v) is 5.44. The minimum atomic E-state index is -1.55. The molecule has 0 saturated heterocycles. The number of thiophene rings is 1. The lowest BCUT2D eigenvalue weighted by molar-refractivity contribution is 0.202. The monoisotopic (exact) mass is 397 g/mol. The Labute approximate surface area is 174 Å². The van der Waals surface area contributed by atoms with Crippen LogP contribution in [0.5, 0.6) is 0 Å². The Morgan fingerprint density at radius 3 is 2.48 bits per heavy atom. The molecule has 5 nitrogen and oxygen atoms in total. The summed E-state index contributed by atoms with van der Waals surface area (Å²) in [5.41, 5.74) is 7.22. The van der Waals surface area contributed by atoms with Crippen LogP contribution in [0.1, 0.15) is 16.4 Å². The van der Waals surface area contributed by atoms with Crippen molar-refractivity contribution < 1.29 is 0 Å². The van der Waals surface area contributed by atoms with Crippen molar-refractivity contribution in [3.63, 3.8) is 0 Å². The second kappa shape index (κ2) is 7.57. The first-order valence-electron chi connectivity index (χ1n) is 9.37.